The molecule has 0 aliphatic rings. The number of halogens is 1. The largest absolute Gasteiger partial charge is 0.354 e. The van der Waals surface area contributed by atoms with Gasteiger partial charge in [-0.15, -0.1) is 11.6 Å². The highest BCUT2D eigenvalue weighted by molar-refractivity contribution is 6.18. The fourth-order valence-corrected chi connectivity index (χ4v) is 1.37. The Morgan fingerprint density at radius 3 is 2.67 bits per heavy atom. The molecule has 0 radical (unpaired) electrons. The van der Waals surface area contributed by atoms with Crippen molar-refractivity contribution in [2.24, 2.45) is 5.92 Å². The third-order valence-corrected chi connectivity index (χ3v) is 2.73. The first-order chi connectivity index (χ1) is 7.22. The van der Waals surface area contributed by atoms with Crippen molar-refractivity contribution in [2.45, 2.75) is 26.7 Å². The average molecular weight is 228 g/mol. The van der Waals surface area contributed by atoms with Gasteiger partial charge in [0.1, 0.15) is 0 Å². The summed E-state index contributed by atoms with van der Waals surface area (Å²) in [5, 5.41) is 3.19. The molecule has 84 valence electrons. The van der Waals surface area contributed by atoms with Crippen LogP contribution < -0.4 is 5.32 Å². The topological polar surface area (TPSA) is 37.8 Å². The van der Waals surface area contributed by atoms with Crippen LogP contribution in [-0.4, -0.2) is 22.4 Å². The van der Waals surface area contributed by atoms with Crippen LogP contribution >= 0.6 is 11.6 Å². The normalized spacial score (nSPS) is 12.5. The van der Waals surface area contributed by atoms with E-state index in [4.69, 9.17) is 11.6 Å². The van der Waals surface area contributed by atoms with E-state index in [9.17, 15) is 0 Å². The summed E-state index contributed by atoms with van der Waals surface area (Å²) >= 11 is 5.72. The van der Waals surface area contributed by atoms with Gasteiger partial charge in [0.05, 0.1) is 0 Å². The number of nitrogens with zero attached hydrogens (tertiary/aromatic N) is 2. The van der Waals surface area contributed by atoms with Crippen molar-refractivity contribution in [3.05, 3.63) is 18.0 Å². The molecule has 0 aliphatic carbocycles. The number of hydrogen-bond acceptors (Lipinski definition) is 3. The third-order valence-electron chi connectivity index (χ3n) is 2.20. The minimum Gasteiger partial charge on any atom is -0.354 e. The summed E-state index contributed by atoms with van der Waals surface area (Å²) in [5.74, 6) is 2.03. The molecule has 1 aromatic heterocycles. The maximum atomic E-state index is 5.72. The van der Waals surface area contributed by atoms with E-state index in [2.05, 4.69) is 22.2 Å². The zero-order valence-corrected chi connectivity index (χ0v) is 10.1. The first-order valence-corrected chi connectivity index (χ1v) is 5.84. The van der Waals surface area contributed by atoms with Gasteiger partial charge in [0, 0.05) is 24.8 Å². The summed E-state index contributed by atoms with van der Waals surface area (Å²) < 4.78 is 0. The van der Waals surface area contributed by atoms with Crippen LogP contribution in [0.3, 0.4) is 0 Å². The van der Waals surface area contributed by atoms with E-state index in [0.717, 1.165) is 30.8 Å². The molecule has 0 aromatic carbocycles. The molecule has 0 aliphatic heterocycles. The standard InChI is InChI=1S/C11H18ClN3/c1-9(6-12)4-3-5-13-11-14-7-10(2)8-15-11/h7-9H,3-6H2,1-2H3,(H,13,14,15). The van der Waals surface area contributed by atoms with Crippen molar-refractivity contribution in [1.29, 1.82) is 0 Å². The van der Waals surface area contributed by atoms with Gasteiger partial charge < -0.3 is 5.32 Å². The number of alkyl halides is 1. The molecule has 15 heavy (non-hydrogen) atoms. The summed E-state index contributed by atoms with van der Waals surface area (Å²) in [6.45, 7) is 5.05. The number of hydrogen-bond donors (Lipinski definition) is 1. The van der Waals surface area contributed by atoms with E-state index < -0.39 is 0 Å². The summed E-state index contributed by atoms with van der Waals surface area (Å²) in [4.78, 5) is 8.33. The number of anilines is 1. The third kappa shape index (κ3) is 4.98. The molecule has 1 unspecified atom stereocenters. The second kappa shape index (κ2) is 6.62. The van der Waals surface area contributed by atoms with E-state index in [-0.39, 0.29) is 0 Å². The van der Waals surface area contributed by atoms with Gasteiger partial charge in [-0.05, 0) is 31.2 Å². The number of aromatic nitrogens is 2. The maximum absolute atomic E-state index is 5.72. The molecule has 1 rings (SSSR count). The molecule has 1 aromatic rings. The van der Waals surface area contributed by atoms with E-state index in [1.54, 1.807) is 0 Å². The minimum absolute atomic E-state index is 0.590. The van der Waals surface area contributed by atoms with Crippen LogP contribution in [0, 0.1) is 12.8 Å². The van der Waals surface area contributed by atoms with Crippen molar-refractivity contribution in [1.82, 2.24) is 9.97 Å². The van der Waals surface area contributed by atoms with Crippen molar-refractivity contribution < 1.29 is 0 Å². The van der Waals surface area contributed by atoms with E-state index in [0.29, 0.717) is 11.9 Å². The Hall–Kier alpha value is -0.830. The Morgan fingerprint density at radius 1 is 1.40 bits per heavy atom. The monoisotopic (exact) mass is 227 g/mol. The molecule has 4 heteroatoms. The summed E-state index contributed by atoms with van der Waals surface area (Å²) in [6, 6.07) is 0. The van der Waals surface area contributed by atoms with E-state index in [1.807, 2.05) is 19.3 Å². The molecule has 0 saturated carbocycles. The second-order valence-corrected chi connectivity index (χ2v) is 4.22. The van der Waals surface area contributed by atoms with E-state index >= 15 is 0 Å². The van der Waals surface area contributed by atoms with Crippen LogP contribution in [0.1, 0.15) is 25.3 Å². The molecule has 0 spiro atoms. The summed E-state index contributed by atoms with van der Waals surface area (Å²) in [7, 11) is 0. The molecule has 0 amide bonds. The zero-order valence-electron chi connectivity index (χ0n) is 9.33. The molecule has 0 fully saturated rings. The van der Waals surface area contributed by atoms with Gasteiger partial charge in [0.15, 0.2) is 0 Å². The Kier molecular flexibility index (Phi) is 5.40. The molecular weight excluding hydrogens is 210 g/mol. The minimum atomic E-state index is 0.590. The summed E-state index contributed by atoms with van der Waals surface area (Å²) in [6.07, 6.45) is 5.88. The molecule has 3 nitrogen and oxygen atoms in total. The van der Waals surface area contributed by atoms with Gasteiger partial charge in [-0.1, -0.05) is 6.92 Å². The van der Waals surface area contributed by atoms with E-state index in [1.165, 1.54) is 0 Å². The van der Waals surface area contributed by atoms with Crippen molar-refractivity contribution >= 4 is 17.5 Å². The predicted molar refractivity (Wildman–Crippen MR) is 64.4 cm³/mol. The Balaban J connectivity index is 2.17. The van der Waals surface area contributed by atoms with Crippen molar-refractivity contribution in [3.63, 3.8) is 0 Å². The van der Waals surface area contributed by atoms with Crippen LogP contribution in [-0.2, 0) is 0 Å². The fraction of sp³-hybridized carbons (Fsp3) is 0.636. The highest BCUT2D eigenvalue weighted by atomic mass is 35.5. The lowest BCUT2D eigenvalue weighted by Gasteiger charge is -2.07. The molecule has 0 bridgehead atoms. The second-order valence-electron chi connectivity index (χ2n) is 3.91. The lowest BCUT2D eigenvalue weighted by atomic mass is 10.1. The van der Waals surface area contributed by atoms with Crippen molar-refractivity contribution in [2.75, 3.05) is 17.7 Å². The molecule has 1 heterocycles. The zero-order chi connectivity index (χ0) is 11.1. The van der Waals surface area contributed by atoms with Crippen LogP contribution in [0.2, 0.25) is 0 Å². The Bertz CT molecular complexity index is 274. The van der Waals surface area contributed by atoms with Gasteiger partial charge in [-0.3, -0.25) is 0 Å². The molecular formula is C11H18ClN3. The molecule has 0 saturated heterocycles. The lowest BCUT2D eigenvalue weighted by Crippen LogP contribution is -2.07. The smallest absolute Gasteiger partial charge is 0.222 e. The van der Waals surface area contributed by atoms with Gasteiger partial charge in [0.2, 0.25) is 5.95 Å². The van der Waals surface area contributed by atoms with Gasteiger partial charge in [-0.2, -0.15) is 0 Å². The number of nitrogens with one attached hydrogen (secondary N) is 1. The average Bonchev–Trinajstić information content (AvgIpc) is 2.26. The first kappa shape index (κ1) is 12.2. The lowest BCUT2D eigenvalue weighted by molar-refractivity contribution is 0.572. The number of rotatable bonds is 6. The SMILES string of the molecule is Cc1cnc(NCCCC(C)CCl)nc1. The van der Waals surface area contributed by atoms with Gasteiger partial charge in [-0.25, -0.2) is 9.97 Å². The van der Waals surface area contributed by atoms with Crippen LogP contribution in [0.15, 0.2) is 12.4 Å². The number of aryl methyl sites for hydroxylation is 1. The highest BCUT2D eigenvalue weighted by Gasteiger charge is 1.99. The van der Waals surface area contributed by atoms with Crippen molar-refractivity contribution in [3.8, 4) is 0 Å². The molecule has 1 atom stereocenters. The summed E-state index contributed by atoms with van der Waals surface area (Å²) in [5.41, 5.74) is 1.08. The van der Waals surface area contributed by atoms with Gasteiger partial charge in [0.25, 0.3) is 0 Å². The fourth-order valence-electron chi connectivity index (χ4n) is 1.21. The maximum Gasteiger partial charge on any atom is 0.222 e. The highest BCUT2D eigenvalue weighted by Crippen LogP contribution is 2.07. The van der Waals surface area contributed by atoms with Gasteiger partial charge >= 0.3 is 0 Å². The molecule has 1 N–H and O–H groups in total. The van der Waals surface area contributed by atoms with Crippen LogP contribution in [0.25, 0.3) is 0 Å². The van der Waals surface area contributed by atoms with Crippen LogP contribution in [0.4, 0.5) is 5.95 Å². The quantitative estimate of drug-likeness (QED) is 0.600. The van der Waals surface area contributed by atoms with Crippen LogP contribution in [0.5, 0.6) is 0 Å². The first-order valence-electron chi connectivity index (χ1n) is 5.31. The predicted octanol–water partition coefficient (Wildman–Crippen LogP) is 2.85. The Labute approximate surface area is 96.3 Å². The Morgan fingerprint density at radius 2 is 2.07 bits per heavy atom.